The lowest BCUT2D eigenvalue weighted by atomic mass is 9.85. The standard InChI is InChI=1S/C33H33N3O4/c37-30(23-28-15-8-3-9-21-34-28)35-22-10-16-29(33(39)40)36-32(38)27-19-17-26(18-20-27)31(24-11-4-1-5-12-24)25-13-6-2-7-14-25/h1-9,11-15,17-21,29,31,34H,10,16,22-23H2,(H,35,37)(H,36,38)(H,39,40). The van der Waals surface area contributed by atoms with E-state index in [4.69, 9.17) is 0 Å². The van der Waals surface area contributed by atoms with Gasteiger partial charge in [-0.15, -0.1) is 0 Å². The number of carbonyl (C=O) groups excluding carboxylic acids is 2. The van der Waals surface area contributed by atoms with E-state index in [1.807, 2.05) is 72.8 Å². The maximum Gasteiger partial charge on any atom is 0.326 e. The zero-order valence-electron chi connectivity index (χ0n) is 22.1. The third-order valence-corrected chi connectivity index (χ3v) is 6.60. The SMILES string of the molecule is O=C(CC1=CC=CC=CN1)NCCCC(NC(=O)c1ccc(C(c2ccccc2)c2ccccc2)cc1)C(=O)O. The van der Waals surface area contributed by atoms with Crippen LogP contribution in [-0.4, -0.2) is 35.5 Å². The van der Waals surface area contributed by atoms with Crippen molar-refractivity contribution in [2.45, 2.75) is 31.2 Å². The van der Waals surface area contributed by atoms with Crippen molar-refractivity contribution in [3.63, 3.8) is 0 Å². The van der Waals surface area contributed by atoms with Crippen LogP contribution in [0, 0.1) is 0 Å². The fraction of sp³-hybridized carbons (Fsp3) is 0.182. The summed E-state index contributed by atoms with van der Waals surface area (Å²) >= 11 is 0. The summed E-state index contributed by atoms with van der Waals surface area (Å²) < 4.78 is 0. The van der Waals surface area contributed by atoms with Crippen LogP contribution in [0.4, 0.5) is 0 Å². The number of amides is 2. The first-order valence-corrected chi connectivity index (χ1v) is 13.3. The van der Waals surface area contributed by atoms with E-state index in [0.29, 0.717) is 18.5 Å². The number of benzene rings is 3. The highest BCUT2D eigenvalue weighted by molar-refractivity contribution is 5.96. The van der Waals surface area contributed by atoms with Crippen LogP contribution in [0.1, 0.15) is 52.2 Å². The first kappa shape index (κ1) is 28.1. The Morgan fingerprint density at radius 3 is 2.02 bits per heavy atom. The topological polar surface area (TPSA) is 108 Å². The molecule has 0 spiro atoms. The third kappa shape index (κ3) is 8.04. The predicted octanol–water partition coefficient (Wildman–Crippen LogP) is 4.89. The van der Waals surface area contributed by atoms with E-state index in [1.54, 1.807) is 18.3 Å². The lowest BCUT2D eigenvalue weighted by Crippen LogP contribution is -2.41. The molecule has 2 amide bonds. The Labute approximate surface area is 234 Å². The number of carboxylic acids is 1. The number of carboxylic acid groups (broad SMARTS) is 1. The lowest BCUT2D eigenvalue weighted by molar-refractivity contribution is -0.139. The van der Waals surface area contributed by atoms with Crippen LogP contribution in [0.25, 0.3) is 0 Å². The summed E-state index contributed by atoms with van der Waals surface area (Å²) in [6.07, 6.45) is 9.91. The monoisotopic (exact) mass is 535 g/mol. The summed E-state index contributed by atoms with van der Waals surface area (Å²) in [5, 5.41) is 18.1. The fourth-order valence-electron chi connectivity index (χ4n) is 4.57. The van der Waals surface area contributed by atoms with Gasteiger partial charge in [-0.1, -0.05) is 84.9 Å². The average molecular weight is 536 g/mol. The van der Waals surface area contributed by atoms with Crippen molar-refractivity contribution in [3.8, 4) is 0 Å². The average Bonchev–Trinajstić information content (AvgIpc) is 3.24. The number of nitrogens with one attached hydrogen (secondary N) is 3. The van der Waals surface area contributed by atoms with Gasteiger partial charge >= 0.3 is 5.97 Å². The molecule has 7 heteroatoms. The third-order valence-electron chi connectivity index (χ3n) is 6.60. The van der Waals surface area contributed by atoms with Gasteiger partial charge in [-0.3, -0.25) is 9.59 Å². The quantitative estimate of drug-likeness (QED) is 0.195. The second kappa shape index (κ2) is 14.3. The van der Waals surface area contributed by atoms with Crippen molar-refractivity contribution in [1.29, 1.82) is 0 Å². The number of aliphatic carboxylic acids is 1. The molecule has 1 atom stereocenters. The Balaban J connectivity index is 1.33. The number of rotatable bonds is 12. The van der Waals surface area contributed by atoms with Crippen molar-refractivity contribution in [2.24, 2.45) is 0 Å². The van der Waals surface area contributed by atoms with Crippen molar-refractivity contribution in [1.82, 2.24) is 16.0 Å². The van der Waals surface area contributed by atoms with Gasteiger partial charge < -0.3 is 21.1 Å². The lowest BCUT2D eigenvalue weighted by Gasteiger charge is -2.19. The van der Waals surface area contributed by atoms with Gasteiger partial charge in [0, 0.05) is 29.9 Å². The van der Waals surface area contributed by atoms with Crippen molar-refractivity contribution in [2.75, 3.05) is 6.54 Å². The summed E-state index contributed by atoms with van der Waals surface area (Å²) in [4.78, 5) is 36.9. The van der Waals surface area contributed by atoms with Crippen molar-refractivity contribution >= 4 is 17.8 Å². The smallest absolute Gasteiger partial charge is 0.326 e. The van der Waals surface area contributed by atoms with E-state index in [0.717, 1.165) is 22.4 Å². The molecule has 0 saturated heterocycles. The number of carbonyl (C=O) groups is 3. The molecule has 4 rings (SSSR count). The minimum Gasteiger partial charge on any atom is -0.480 e. The molecule has 0 aromatic heterocycles. The molecular weight excluding hydrogens is 502 g/mol. The van der Waals surface area contributed by atoms with Crippen molar-refractivity contribution in [3.05, 3.63) is 143 Å². The maximum atomic E-state index is 12.9. The predicted molar refractivity (Wildman–Crippen MR) is 156 cm³/mol. The summed E-state index contributed by atoms with van der Waals surface area (Å²) in [6, 6.07) is 26.5. The second-order valence-electron chi connectivity index (χ2n) is 9.49. The minimum atomic E-state index is -1.11. The van der Waals surface area contributed by atoms with E-state index in [9.17, 15) is 19.5 Å². The molecule has 0 aliphatic carbocycles. The van der Waals surface area contributed by atoms with E-state index in [-0.39, 0.29) is 24.7 Å². The van der Waals surface area contributed by atoms with Crippen LogP contribution >= 0.6 is 0 Å². The molecule has 0 saturated carbocycles. The van der Waals surface area contributed by atoms with Crippen LogP contribution < -0.4 is 16.0 Å². The molecule has 1 heterocycles. The Hall–Kier alpha value is -4.91. The van der Waals surface area contributed by atoms with E-state index < -0.39 is 17.9 Å². The summed E-state index contributed by atoms with van der Waals surface area (Å²) in [7, 11) is 0. The van der Waals surface area contributed by atoms with Gasteiger partial charge in [0.15, 0.2) is 0 Å². The first-order valence-electron chi connectivity index (χ1n) is 13.3. The molecule has 1 unspecified atom stereocenters. The molecule has 40 heavy (non-hydrogen) atoms. The molecule has 204 valence electrons. The van der Waals surface area contributed by atoms with Gasteiger partial charge in [0.2, 0.25) is 5.91 Å². The van der Waals surface area contributed by atoms with Gasteiger partial charge in [0.1, 0.15) is 6.04 Å². The van der Waals surface area contributed by atoms with E-state index in [2.05, 4.69) is 40.2 Å². The van der Waals surface area contributed by atoms with Gasteiger partial charge in [-0.2, -0.15) is 0 Å². The Kier molecular flexibility index (Phi) is 10.0. The van der Waals surface area contributed by atoms with Crippen LogP contribution in [0.3, 0.4) is 0 Å². The molecule has 3 aromatic rings. The number of allylic oxidation sites excluding steroid dienone is 4. The summed E-state index contributed by atoms with van der Waals surface area (Å²) in [5.41, 5.74) is 4.46. The van der Waals surface area contributed by atoms with Gasteiger partial charge in [0.05, 0.1) is 6.42 Å². The second-order valence-corrected chi connectivity index (χ2v) is 9.49. The largest absolute Gasteiger partial charge is 0.480 e. The number of hydrogen-bond donors (Lipinski definition) is 4. The minimum absolute atomic E-state index is 0.00375. The fourth-order valence-corrected chi connectivity index (χ4v) is 4.57. The van der Waals surface area contributed by atoms with Crippen LogP contribution in [0.5, 0.6) is 0 Å². The number of hydrogen-bond acceptors (Lipinski definition) is 4. The zero-order valence-corrected chi connectivity index (χ0v) is 22.1. The van der Waals surface area contributed by atoms with Gasteiger partial charge in [-0.05, 0) is 53.8 Å². The molecule has 0 radical (unpaired) electrons. The molecule has 0 bridgehead atoms. The molecule has 1 aliphatic heterocycles. The maximum absolute atomic E-state index is 12.9. The highest BCUT2D eigenvalue weighted by atomic mass is 16.4. The van der Waals surface area contributed by atoms with E-state index >= 15 is 0 Å². The molecular formula is C33H33N3O4. The molecule has 1 aliphatic rings. The van der Waals surface area contributed by atoms with Crippen LogP contribution in [-0.2, 0) is 9.59 Å². The zero-order chi connectivity index (χ0) is 28.2. The van der Waals surface area contributed by atoms with E-state index in [1.165, 1.54) is 0 Å². The Morgan fingerprint density at radius 2 is 1.40 bits per heavy atom. The highest BCUT2D eigenvalue weighted by Gasteiger charge is 2.21. The first-order chi connectivity index (χ1) is 19.5. The van der Waals surface area contributed by atoms with Crippen molar-refractivity contribution < 1.29 is 19.5 Å². The summed E-state index contributed by atoms with van der Waals surface area (Å²) in [5.74, 6) is -1.73. The van der Waals surface area contributed by atoms with Gasteiger partial charge in [0.25, 0.3) is 5.91 Å². The molecule has 3 aromatic carbocycles. The normalized spacial score (nSPS) is 13.1. The molecule has 7 nitrogen and oxygen atoms in total. The Morgan fingerprint density at radius 1 is 0.775 bits per heavy atom. The van der Waals surface area contributed by atoms with Gasteiger partial charge in [-0.25, -0.2) is 4.79 Å². The van der Waals surface area contributed by atoms with Crippen LogP contribution in [0.2, 0.25) is 0 Å². The highest BCUT2D eigenvalue weighted by Crippen LogP contribution is 2.31. The van der Waals surface area contributed by atoms with Crippen LogP contribution in [0.15, 0.2) is 121 Å². The summed E-state index contributed by atoms with van der Waals surface area (Å²) in [6.45, 7) is 0.312. The Bertz CT molecular complexity index is 1340. The molecule has 0 fully saturated rings. The molecule has 4 N–H and O–H groups in total.